The number of aliphatic hydroxyl groups excluding tert-OH is 1. The topological polar surface area (TPSA) is 50.7 Å². The van der Waals surface area contributed by atoms with E-state index in [-0.39, 0.29) is 18.4 Å². The normalized spacial score (nSPS) is 28.3. The average molecular weight is 203 g/mol. The SMILES string of the molecule is COC(CNC1CCCCC1O)OC. The van der Waals surface area contributed by atoms with Crippen molar-refractivity contribution in [3.63, 3.8) is 0 Å². The van der Waals surface area contributed by atoms with Crippen LogP contribution in [-0.2, 0) is 9.47 Å². The second-order valence-electron chi connectivity index (χ2n) is 3.77. The zero-order valence-electron chi connectivity index (χ0n) is 9.03. The number of rotatable bonds is 5. The summed E-state index contributed by atoms with van der Waals surface area (Å²) < 4.78 is 10.1. The number of hydrogen-bond donors (Lipinski definition) is 2. The lowest BCUT2D eigenvalue weighted by Crippen LogP contribution is -2.45. The summed E-state index contributed by atoms with van der Waals surface area (Å²) in [6.07, 6.45) is 3.85. The van der Waals surface area contributed by atoms with Gasteiger partial charge in [-0.1, -0.05) is 12.8 Å². The van der Waals surface area contributed by atoms with E-state index in [9.17, 15) is 5.11 Å². The molecule has 0 aromatic carbocycles. The second-order valence-corrected chi connectivity index (χ2v) is 3.77. The minimum absolute atomic E-state index is 0.205. The van der Waals surface area contributed by atoms with Crippen LogP contribution in [0.25, 0.3) is 0 Å². The van der Waals surface area contributed by atoms with Crippen molar-refractivity contribution < 1.29 is 14.6 Å². The lowest BCUT2D eigenvalue weighted by atomic mass is 9.93. The van der Waals surface area contributed by atoms with Gasteiger partial charge in [0, 0.05) is 26.8 Å². The van der Waals surface area contributed by atoms with Crippen LogP contribution in [0.15, 0.2) is 0 Å². The summed E-state index contributed by atoms with van der Waals surface area (Å²) in [5.41, 5.74) is 0. The van der Waals surface area contributed by atoms with Crippen LogP contribution in [-0.4, -0.2) is 44.3 Å². The molecule has 0 spiro atoms. The molecule has 2 unspecified atom stereocenters. The van der Waals surface area contributed by atoms with Gasteiger partial charge in [0.15, 0.2) is 6.29 Å². The molecule has 1 saturated carbocycles. The molecule has 0 bridgehead atoms. The Hall–Kier alpha value is -0.160. The summed E-state index contributed by atoms with van der Waals surface area (Å²) in [4.78, 5) is 0. The Morgan fingerprint density at radius 2 is 1.93 bits per heavy atom. The monoisotopic (exact) mass is 203 g/mol. The fourth-order valence-electron chi connectivity index (χ4n) is 1.86. The van der Waals surface area contributed by atoms with Crippen molar-refractivity contribution in [2.75, 3.05) is 20.8 Å². The number of ether oxygens (including phenoxy) is 2. The van der Waals surface area contributed by atoms with Crippen LogP contribution in [0.5, 0.6) is 0 Å². The molecule has 2 N–H and O–H groups in total. The minimum Gasteiger partial charge on any atom is -0.392 e. The third kappa shape index (κ3) is 3.53. The van der Waals surface area contributed by atoms with Gasteiger partial charge in [-0.05, 0) is 12.8 Å². The summed E-state index contributed by atoms with van der Waals surface area (Å²) in [5.74, 6) is 0. The summed E-state index contributed by atoms with van der Waals surface area (Å²) in [6, 6.07) is 0.205. The van der Waals surface area contributed by atoms with Crippen LogP contribution in [0.2, 0.25) is 0 Å². The maximum absolute atomic E-state index is 9.68. The molecular formula is C10H21NO3. The highest BCUT2D eigenvalue weighted by atomic mass is 16.7. The van der Waals surface area contributed by atoms with Gasteiger partial charge in [0.1, 0.15) is 0 Å². The van der Waals surface area contributed by atoms with Gasteiger partial charge < -0.3 is 19.9 Å². The number of hydrogen-bond acceptors (Lipinski definition) is 4. The van der Waals surface area contributed by atoms with E-state index >= 15 is 0 Å². The fraction of sp³-hybridized carbons (Fsp3) is 1.00. The molecule has 0 aromatic rings. The summed E-state index contributed by atoms with van der Waals surface area (Å²) in [6.45, 7) is 0.634. The molecule has 0 amide bonds. The van der Waals surface area contributed by atoms with E-state index in [0.717, 1.165) is 19.3 Å². The standard InChI is InChI=1S/C10H21NO3/c1-13-10(14-2)7-11-8-5-3-4-6-9(8)12/h8-12H,3-7H2,1-2H3. The molecule has 0 heterocycles. The number of nitrogens with one attached hydrogen (secondary N) is 1. The van der Waals surface area contributed by atoms with E-state index < -0.39 is 0 Å². The first-order valence-electron chi connectivity index (χ1n) is 5.25. The maximum atomic E-state index is 9.68. The van der Waals surface area contributed by atoms with Crippen LogP contribution in [0.4, 0.5) is 0 Å². The van der Waals surface area contributed by atoms with Gasteiger partial charge in [-0.2, -0.15) is 0 Å². The highest BCUT2D eigenvalue weighted by molar-refractivity contribution is 4.80. The zero-order chi connectivity index (χ0) is 10.4. The van der Waals surface area contributed by atoms with Crippen molar-refractivity contribution in [2.24, 2.45) is 0 Å². The van der Waals surface area contributed by atoms with Gasteiger partial charge in [0.2, 0.25) is 0 Å². The minimum atomic E-state index is -0.218. The number of methoxy groups -OCH3 is 2. The molecule has 2 atom stereocenters. The van der Waals surface area contributed by atoms with Crippen molar-refractivity contribution in [2.45, 2.75) is 44.1 Å². The Morgan fingerprint density at radius 1 is 1.29 bits per heavy atom. The van der Waals surface area contributed by atoms with Crippen molar-refractivity contribution >= 4 is 0 Å². The zero-order valence-corrected chi connectivity index (χ0v) is 9.03. The predicted molar refractivity (Wildman–Crippen MR) is 54.1 cm³/mol. The van der Waals surface area contributed by atoms with E-state index in [1.54, 1.807) is 14.2 Å². The summed E-state index contributed by atoms with van der Waals surface area (Å²) in [7, 11) is 3.24. The molecule has 0 radical (unpaired) electrons. The van der Waals surface area contributed by atoms with E-state index in [1.165, 1.54) is 6.42 Å². The van der Waals surface area contributed by atoms with Crippen LogP contribution < -0.4 is 5.32 Å². The molecule has 0 aliphatic heterocycles. The first-order valence-corrected chi connectivity index (χ1v) is 5.25. The molecule has 4 nitrogen and oxygen atoms in total. The molecule has 1 rings (SSSR count). The second kappa shape index (κ2) is 6.35. The molecule has 1 fully saturated rings. The largest absolute Gasteiger partial charge is 0.392 e. The van der Waals surface area contributed by atoms with Crippen LogP contribution in [0.1, 0.15) is 25.7 Å². The molecule has 4 heteroatoms. The van der Waals surface area contributed by atoms with Gasteiger partial charge in [0.25, 0.3) is 0 Å². The number of aliphatic hydroxyl groups is 1. The highest BCUT2D eigenvalue weighted by Crippen LogP contribution is 2.18. The van der Waals surface area contributed by atoms with E-state index in [1.807, 2.05) is 0 Å². The molecule has 1 aliphatic rings. The molecule has 1 aliphatic carbocycles. The third-order valence-corrected chi connectivity index (χ3v) is 2.80. The lowest BCUT2D eigenvalue weighted by Gasteiger charge is -2.29. The van der Waals surface area contributed by atoms with Crippen molar-refractivity contribution in [1.29, 1.82) is 0 Å². The Bertz CT molecular complexity index is 150. The average Bonchev–Trinajstić information content (AvgIpc) is 2.22. The van der Waals surface area contributed by atoms with Gasteiger partial charge in [-0.25, -0.2) is 0 Å². The first-order chi connectivity index (χ1) is 6.77. The molecular weight excluding hydrogens is 182 g/mol. The Balaban J connectivity index is 2.21. The quantitative estimate of drug-likeness (QED) is 0.639. The molecule has 14 heavy (non-hydrogen) atoms. The van der Waals surface area contributed by atoms with E-state index in [0.29, 0.717) is 6.54 Å². The van der Waals surface area contributed by atoms with Crippen LogP contribution >= 0.6 is 0 Å². The Labute approximate surface area is 85.6 Å². The predicted octanol–water partition coefficient (Wildman–Crippen LogP) is 0.498. The van der Waals surface area contributed by atoms with Crippen molar-refractivity contribution in [3.05, 3.63) is 0 Å². The maximum Gasteiger partial charge on any atom is 0.169 e. The van der Waals surface area contributed by atoms with Gasteiger partial charge in [-0.3, -0.25) is 0 Å². The molecule has 0 aromatic heterocycles. The lowest BCUT2D eigenvalue weighted by molar-refractivity contribution is -0.102. The van der Waals surface area contributed by atoms with Crippen molar-refractivity contribution in [3.8, 4) is 0 Å². The van der Waals surface area contributed by atoms with E-state index in [2.05, 4.69) is 5.32 Å². The van der Waals surface area contributed by atoms with Crippen molar-refractivity contribution in [1.82, 2.24) is 5.32 Å². The molecule has 84 valence electrons. The van der Waals surface area contributed by atoms with Crippen LogP contribution in [0, 0.1) is 0 Å². The van der Waals surface area contributed by atoms with E-state index in [4.69, 9.17) is 9.47 Å². The Morgan fingerprint density at radius 3 is 2.50 bits per heavy atom. The van der Waals surface area contributed by atoms with Gasteiger partial charge in [0.05, 0.1) is 6.10 Å². The fourth-order valence-corrected chi connectivity index (χ4v) is 1.86. The van der Waals surface area contributed by atoms with Crippen LogP contribution in [0.3, 0.4) is 0 Å². The Kier molecular flexibility index (Phi) is 5.40. The third-order valence-electron chi connectivity index (χ3n) is 2.80. The summed E-state index contributed by atoms with van der Waals surface area (Å²) >= 11 is 0. The first kappa shape index (κ1) is 11.9. The smallest absolute Gasteiger partial charge is 0.169 e. The van der Waals surface area contributed by atoms with Gasteiger partial charge in [-0.15, -0.1) is 0 Å². The van der Waals surface area contributed by atoms with Gasteiger partial charge >= 0.3 is 0 Å². The summed E-state index contributed by atoms with van der Waals surface area (Å²) in [5, 5.41) is 13.0. The molecule has 0 saturated heterocycles. The highest BCUT2D eigenvalue weighted by Gasteiger charge is 2.23.